The van der Waals surface area contributed by atoms with E-state index in [-0.39, 0.29) is 12.4 Å². The van der Waals surface area contributed by atoms with Gasteiger partial charge < -0.3 is 25.2 Å². The van der Waals surface area contributed by atoms with Gasteiger partial charge in [0.1, 0.15) is 30.2 Å². The standard InChI is InChI=1S/C12H18N5O6P/c1-21-3-6-9(23-24(2,19)20)8(18)12(22-6)17-5-16-7-10(13)14-4-15-11(7)17/h4-6,8-9,12,18H,3H2,1-2H3,(H,19,20)(H2,13,14,15)/t6-,8?,9+,12-/m1/s1. The molecule has 1 aliphatic heterocycles. The van der Waals surface area contributed by atoms with Crippen molar-refractivity contribution in [2.24, 2.45) is 0 Å². The molecule has 0 amide bonds. The Labute approximate surface area is 136 Å². The highest BCUT2D eigenvalue weighted by Crippen LogP contribution is 2.44. The average Bonchev–Trinajstić information content (AvgIpc) is 3.03. The van der Waals surface area contributed by atoms with Crippen molar-refractivity contribution in [2.75, 3.05) is 26.1 Å². The van der Waals surface area contributed by atoms with E-state index < -0.39 is 32.1 Å². The van der Waals surface area contributed by atoms with Gasteiger partial charge in [-0.1, -0.05) is 0 Å². The Kier molecular flexibility index (Phi) is 4.56. The van der Waals surface area contributed by atoms with Gasteiger partial charge in [-0.25, -0.2) is 15.0 Å². The van der Waals surface area contributed by atoms with Crippen LogP contribution in [-0.2, 0) is 18.6 Å². The first-order chi connectivity index (χ1) is 11.3. The quantitative estimate of drug-likeness (QED) is 0.596. The highest BCUT2D eigenvalue weighted by molar-refractivity contribution is 7.51. The van der Waals surface area contributed by atoms with E-state index in [2.05, 4.69) is 15.0 Å². The SMILES string of the molecule is COC[C@H]1O[C@@H](n2cnc3c(N)ncnc32)C(O)[C@H]1OP(C)(=O)O. The van der Waals surface area contributed by atoms with Crippen LogP contribution in [0.4, 0.5) is 5.82 Å². The monoisotopic (exact) mass is 359 g/mol. The van der Waals surface area contributed by atoms with Crippen LogP contribution in [0.2, 0.25) is 0 Å². The Morgan fingerprint density at radius 2 is 2.21 bits per heavy atom. The number of ether oxygens (including phenoxy) is 2. The summed E-state index contributed by atoms with van der Waals surface area (Å²) < 4.78 is 29.0. The highest BCUT2D eigenvalue weighted by Gasteiger charge is 2.48. The Morgan fingerprint density at radius 3 is 2.88 bits per heavy atom. The molecule has 5 atom stereocenters. The molecule has 24 heavy (non-hydrogen) atoms. The molecule has 1 aliphatic rings. The van der Waals surface area contributed by atoms with Crippen molar-refractivity contribution in [1.82, 2.24) is 19.5 Å². The molecule has 1 saturated heterocycles. The van der Waals surface area contributed by atoms with Crippen LogP contribution in [0, 0.1) is 0 Å². The van der Waals surface area contributed by atoms with Crippen LogP contribution in [0.15, 0.2) is 12.7 Å². The van der Waals surface area contributed by atoms with Gasteiger partial charge in [0.25, 0.3) is 0 Å². The number of fused-ring (bicyclic) bond motifs is 1. The molecule has 1 fully saturated rings. The molecular weight excluding hydrogens is 341 g/mol. The number of aliphatic hydroxyl groups is 1. The Bertz CT molecular complexity index is 778. The maximum absolute atomic E-state index is 11.6. The zero-order valence-corrected chi connectivity index (χ0v) is 13.9. The number of hydrogen-bond donors (Lipinski definition) is 3. The molecule has 12 heteroatoms. The van der Waals surface area contributed by atoms with Gasteiger partial charge in [-0.05, 0) is 0 Å². The summed E-state index contributed by atoms with van der Waals surface area (Å²) in [5.41, 5.74) is 6.48. The lowest BCUT2D eigenvalue weighted by Gasteiger charge is -2.21. The molecule has 0 radical (unpaired) electrons. The van der Waals surface area contributed by atoms with Crippen LogP contribution >= 0.6 is 7.60 Å². The molecule has 3 rings (SSSR count). The van der Waals surface area contributed by atoms with Crippen molar-refractivity contribution in [3.05, 3.63) is 12.7 Å². The van der Waals surface area contributed by atoms with Crippen LogP contribution in [0.5, 0.6) is 0 Å². The molecule has 132 valence electrons. The molecule has 11 nitrogen and oxygen atoms in total. The van der Waals surface area contributed by atoms with E-state index in [9.17, 15) is 14.6 Å². The number of anilines is 1. The van der Waals surface area contributed by atoms with Gasteiger partial charge in [-0.3, -0.25) is 13.7 Å². The Morgan fingerprint density at radius 1 is 1.46 bits per heavy atom. The van der Waals surface area contributed by atoms with E-state index in [4.69, 9.17) is 19.7 Å². The van der Waals surface area contributed by atoms with Gasteiger partial charge in [-0.15, -0.1) is 0 Å². The molecule has 0 bridgehead atoms. The lowest BCUT2D eigenvalue weighted by atomic mass is 10.1. The van der Waals surface area contributed by atoms with E-state index >= 15 is 0 Å². The second-order valence-corrected chi connectivity index (χ2v) is 7.28. The van der Waals surface area contributed by atoms with E-state index in [1.807, 2.05) is 0 Å². The maximum atomic E-state index is 11.6. The van der Waals surface area contributed by atoms with Gasteiger partial charge in [0, 0.05) is 13.8 Å². The minimum absolute atomic E-state index is 0.0714. The van der Waals surface area contributed by atoms with Gasteiger partial charge in [0.05, 0.1) is 12.9 Å². The van der Waals surface area contributed by atoms with Crippen LogP contribution in [0.25, 0.3) is 11.2 Å². The van der Waals surface area contributed by atoms with Crippen molar-refractivity contribution in [2.45, 2.75) is 24.5 Å². The number of aromatic nitrogens is 4. The summed E-state index contributed by atoms with van der Waals surface area (Å²) in [6, 6.07) is 0. The summed E-state index contributed by atoms with van der Waals surface area (Å²) >= 11 is 0. The van der Waals surface area contributed by atoms with Crippen LogP contribution in [-0.4, -0.2) is 68.2 Å². The van der Waals surface area contributed by atoms with Gasteiger partial charge in [0.2, 0.25) is 0 Å². The number of hydrogen-bond acceptors (Lipinski definition) is 9. The number of nitrogens with two attached hydrogens (primary N) is 1. The second kappa shape index (κ2) is 6.36. The summed E-state index contributed by atoms with van der Waals surface area (Å²) in [5.74, 6) is 0.195. The average molecular weight is 359 g/mol. The molecule has 3 heterocycles. The fourth-order valence-corrected chi connectivity index (χ4v) is 3.37. The summed E-state index contributed by atoms with van der Waals surface area (Å²) in [5, 5.41) is 10.5. The van der Waals surface area contributed by atoms with E-state index in [1.54, 1.807) is 0 Å². The van der Waals surface area contributed by atoms with Gasteiger partial charge >= 0.3 is 7.60 Å². The van der Waals surface area contributed by atoms with Crippen molar-refractivity contribution >= 4 is 24.6 Å². The van der Waals surface area contributed by atoms with Crippen molar-refractivity contribution < 1.29 is 28.6 Å². The van der Waals surface area contributed by atoms with Gasteiger partial charge in [-0.2, -0.15) is 0 Å². The third-order valence-electron chi connectivity index (χ3n) is 3.62. The first-order valence-electron chi connectivity index (χ1n) is 7.06. The minimum atomic E-state index is -3.84. The lowest BCUT2D eigenvalue weighted by molar-refractivity contribution is -0.0571. The van der Waals surface area contributed by atoms with E-state index in [0.717, 1.165) is 6.66 Å². The third kappa shape index (κ3) is 3.14. The van der Waals surface area contributed by atoms with Crippen molar-refractivity contribution in [3.63, 3.8) is 0 Å². The number of rotatable bonds is 5. The molecule has 0 aliphatic carbocycles. The smallest absolute Gasteiger partial charge is 0.325 e. The van der Waals surface area contributed by atoms with Crippen molar-refractivity contribution in [1.29, 1.82) is 0 Å². The fraction of sp³-hybridized carbons (Fsp3) is 0.583. The number of aliphatic hydroxyl groups excluding tert-OH is 1. The second-order valence-electron chi connectivity index (χ2n) is 5.47. The van der Waals surface area contributed by atoms with Gasteiger partial charge in [0.15, 0.2) is 17.7 Å². The van der Waals surface area contributed by atoms with Crippen LogP contribution in [0.3, 0.4) is 0 Å². The lowest BCUT2D eigenvalue weighted by Crippen LogP contribution is -2.35. The first-order valence-corrected chi connectivity index (χ1v) is 9.08. The van der Waals surface area contributed by atoms with Crippen molar-refractivity contribution in [3.8, 4) is 0 Å². The summed E-state index contributed by atoms with van der Waals surface area (Å²) in [6.45, 7) is 1.11. The van der Waals surface area contributed by atoms with Crippen LogP contribution in [0.1, 0.15) is 6.23 Å². The molecular formula is C12H18N5O6P. The number of nitrogen functional groups attached to an aromatic ring is 1. The van der Waals surface area contributed by atoms with Crippen LogP contribution < -0.4 is 5.73 Å². The topological polar surface area (TPSA) is 155 Å². The zero-order valence-electron chi connectivity index (χ0n) is 13.0. The summed E-state index contributed by atoms with van der Waals surface area (Å²) in [7, 11) is -2.39. The molecule has 2 unspecified atom stereocenters. The number of nitrogens with zero attached hydrogens (tertiary/aromatic N) is 4. The highest BCUT2D eigenvalue weighted by atomic mass is 31.2. The summed E-state index contributed by atoms with van der Waals surface area (Å²) in [6.07, 6.45) is -1.29. The third-order valence-corrected chi connectivity index (χ3v) is 4.25. The number of methoxy groups -OCH3 is 1. The molecule has 4 N–H and O–H groups in total. The summed E-state index contributed by atoms with van der Waals surface area (Å²) in [4.78, 5) is 21.5. The zero-order chi connectivity index (χ0) is 17.5. The molecule has 2 aromatic rings. The molecule has 0 spiro atoms. The molecule has 0 aromatic carbocycles. The van der Waals surface area contributed by atoms with E-state index in [1.165, 1.54) is 24.3 Å². The predicted octanol–water partition coefficient (Wildman–Crippen LogP) is -0.486. The van der Waals surface area contributed by atoms with E-state index in [0.29, 0.717) is 11.2 Å². The normalized spacial score (nSPS) is 29.8. The fourth-order valence-electron chi connectivity index (χ4n) is 2.66. The Balaban J connectivity index is 1.95. The molecule has 2 aromatic heterocycles. The molecule has 0 saturated carbocycles. The largest absolute Gasteiger partial charge is 0.386 e. The predicted molar refractivity (Wildman–Crippen MR) is 82.2 cm³/mol. The number of imidazole rings is 1. The maximum Gasteiger partial charge on any atom is 0.325 e. The first kappa shape index (κ1) is 17.2. The minimum Gasteiger partial charge on any atom is -0.386 e. The Hall–Kier alpha value is -1.62.